The number of benzene rings is 1. The Labute approximate surface area is 165 Å². The Hall–Kier alpha value is -2.11. The average Bonchev–Trinajstić information content (AvgIpc) is 3.02. The molecule has 1 aromatic heterocycles. The molecule has 0 aliphatic carbocycles. The maximum atomic E-state index is 13.3. The van der Waals surface area contributed by atoms with Gasteiger partial charge >= 0.3 is 6.18 Å². The Morgan fingerprint density at radius 2 is 2.07 bits per heavy atom. The van der Waals surface area contributed by atoms with Gasteiger partial charge in [0.15, 0.2) is 9.84 Å². The number of hydrogen-bond acceptors (Lipinski definition) is 5. The van der Waals surface area contributed by atoms with Gasteiger partial charge in [-0.05, 0) is 38.0 Å². The Bertz CT molecular complexity index is 1040. The van der Waals surface area contributed by atoms with Crippen molar-refractivity contribution in [2.75, 3.05) is 13.7 Å². The third kappa shape index (κ3) is 4.12. The maximum absolute atomic E-state index is 13.3. The van der Waals surface area contributed by atoms with Gasteiger partial charge in [-0.15, -0.1) is 0 Å². The van der Waals surface area contributed by atoms with Crippen molar-refractivity contribution in [1.29, 1.82) is 0 Å². The first-order valence-corrected chi connectivity index (χ1v) is 10.3. The van der Waals surface area contributed by atoms with Gasteiger partial charge in [0.05, 0.1) is 20.9 Å². The number of halogens is 3. The van der Waals surface area contributed by atoms with E-state index < -0.39 is 38.0 Å². The SMILES string of the molecule is COCn1[nH]c(=O)cc1C1CC(C)(S(=O)(=O)c2cccc(C(F)(F)F)c2)CCO1. The van der Waals surface area contributed by atoms with Crippen molar-refractivity contribution in [3.05, 3.63) is 51.9 Å². The van der Waals surface area contributed by atoms with Gasteiger partial charge in [0.1, 0.15) is 12.8 Å². The highest BCUT2D eigenvalue weighted by Crippen LogP contribution is 2.42. The number of aromatic amines is 1. The van der Waals surface area contributed by atoms with Gasteiger partial charge in [-0.2, -0.15) is 13.2 Å². The van der Waals surface area contributed by atoms with Crippen LogP contribution in [-0.2, 0) is 32.2 Å². The first-order valence-electron chi connectivity index (χ1n) is 8.80. The summed E-state index contributed by atoms with van der Waals surface area (Å²) in [6.07, 6.45) is -5.29. The fourth-order valence-electron chi connectivity index (χ4n) is 3.47. The zero-order chi connectivity index (χ0) is 21.4. The summed E-state index contributed by atoms with van der Waals surface area (Å²) in [5.74, 6) is 0. The molecule has 0 amide bonds. The summed E-state index contributed by atoms with van der Waals surface area (Å²) >= 11 is 0. The van der Waals surface area contributed by atoms with Crippen LogP contribution < -0.4 is 5.56 Å². The van der Waals surface area contributed by atoms with Gasteiger partial charge < -0.3 is 9.47 Å². The van der Waals surface area contributed by atoms with Crippen LogP contribution in [0.15, 0.2) is 40.0 Å². The van der Waals surface area contributed by atoms with Crippen molar-refractivity contribution in [3.8, 4) is 0 Å². The molecule has 2 atom stereocenters. The molecular weight excluding hydrogens is 413 g/mol. The van der Waals surface area contributed by atoms with Gasteiger partial charge in [0.2, 0.25) is 0 Å². The molecule has 1 aliphatic rings. The molecule has 0 bridgehead atoms. The third-order valence-corrected chi connectivity index (χ3v) is 7.65. The fourth-order valence-corrected chi connectivity index (χ4v) is 5.30. The second-order valence-electron chi connectivity index (χ2n) is 7.18. The highest BCUT2D eigenvalue weighted by Gasteiger charge is 2.46. The van der Waals surface area contributed by atoms with Gasteiger partial charge in [-0.3, -0.25) is 14.6 Å². The molecule has 2 aromatic rings. The third-order valence-electron chi connectivity index (χ3n) is 5.11. The lowest BCUT2D eigenvalue weighted by atomic mass is 9.95. The summed E-state index contributed by atoms with van der Waals surface area (Å²) in [4.78, 5) is 11.3. The highest BCUT2D eigenvalue weighted by molar-refractivity contribution is 7.92. The van der Waals surface area contributed by atoms with E-state index in [0.29, 0.717) is 11.8 Å². The molecule has 3 rings (SSSR count). The molecular formula is C18H21F3N2O5S. The van der Waals surface area contributed by atoms with E-state index in [1.165, 1.54) is 24.8 Å². The van der Waals surface area contributed by atoms with E-state index in [1.807, 2.05) is 0 Å². The molecule has 7 nitrogen and oxygen atoms in total. The molecule has 1 aliphatic heterocycles. The minimum Gasteiger partial charge on any atom is -0.372 e. The van der Waals surface area contributed by atoms with Crippen molar-refractivity contribution >= 4 is 9.84 Å². The van der Waals surface area contributed by atoms with E-state index in [0.717, 1.165) is 18.2 Å². The van der Waals surface area contributed by atoms with E-state index in [1.54, 1.807) is 0 Å². The fraction of sp³-hybridized carbons (Fsp3) is 0.500. The molecule has 2 heterocycles. The van der Waals surface area contributed by atoms with Crippen LogP contribution in [0.4, 0.5) is 13.2 Å². The highest BCUT2D eigenvalue weighted by atomic mass is 32.2. The minimum absolute atomic E-state index is 0.0212. The maximum Gasteiger partial charge on any atom is 0.416 e. The molecule has 160 valence electrons. The zero-order valence-corrected chi connectivity index (χ0v) is 16.6. The standard InChI is InChI=1S/C18H21F3N2O5S/c1-17(29(25,26)13-5-3-4-12(8-13)18(19,20)21)6-7-28-15(10-17)14-9-16(24)22-23(14)11-27-2/h3-5,8-9,15H,6-7,10-11H2,1-2H3,(H,22,24). The zero-order valence-electron chi connectivity index (χ0n) is 15.8. The van der Waals surface area contributed by atoms with Crippen LogP contribution in [0.3, 0.4) is 0 Å². The van der Waals surface area contributed by atoms with Crippen LogP contribution in [-0.4, -0.2) is 36.7 Å². The van der Waals surface area contributed by atoms with Crippen molar-refractivity contribution in [2.45, 2.75) is 48.4 Å². The van der Waals surface area contributed by atoms with Crippen LogP contribution >= 0.6 is 0 Å². The van der Waals surface area contributed by atoms with Crippen molar-refractivity contribution in [2.24, 2.45) is 0 Å². The summed E-state index contributed by atoms with van der Waals surface area (Å²) in [5.41, 5.74) is -0.999. The average molecular weight is 434 g/mol. The molecule has 1 saturated heterocycles. The molecule has 1 N–H and O–H groups in total. The summed E-state index contributed by atoms with van der Waals surface area (Å²) in [6, 6.07) is 5.03. The minimum atomic E-state index is -4.65. The van der Waals surface area contributed by atoms with Crippen molar-refractivity contribution in [1.82, 2.24) is 9.78 Å². The molecule has 0 radical (unpaired) electrons. The first-order chi connectivity index (χ1) is 13.5. The molecule has 1 aromatic carbocycles. The number of rotatable bonds is 5. The normalized spacial score (nSPS) is 23.3. The molecule has 0 saturated carbocycles. The first kappa shape index (κ1) is 21.6. The number of alkyl halides is 3. The quantitative estimate of drug-likeness (QED) is 0.782. The summed E-state index contributed by atoms with van der Waals surface area (Å²) in [6.45, 7) is 1.60. The number of methoxy groups -OCH3 is 1. The van der Waals surface area contributed by atoms with E-state index in [2.05, 4.69) is 5.10 Å². The predicted octanol–water partition coefficient (Wildman–Crippen LogP) is 2.88. The number of aromatic nitrogens is 2. The van der Waals surface area contributed by atoms with E-state index in [-0.39, 0.29) is 31.1 Å². The van der Waals surface area contributed by atoms with Gasteiger partial charge in [-0.25, -0.2) is 8.42 Å². The Kier molecular flexibility index (Phi) is 5.67. The molecule has 1 fully saturated rings. The second kappa shape index (κ2) is 7.62. The Morgan fingerprint density at radius 3 is 2.72 bits per heavy atom. The van der Waals surface area contributed by atoms with Gasteiger partial charge in [-0.1, -0.05) is 6.07 Å². The van der Waals surface area contributed by atoms with Gasteiger partial charge in [0, 0.05) is 19.8 Å². The van der Waals surface area contributed by atoms with Gasteiger partial charge in [0.25, 0.3) is 5.56 Å². The molecule has 2 unspecified atom stereocenters. The topological polar surface area (TPSA) is 90.4 Å². The lowest BCUT2D eigenvalue weighted by molar-refractivity contribution is -0.137. The van der Waals surface area contributed by atoms with Crippen molar-refractivity contribution in [3.63, 3.8) is 0 Å². The van der Waals surface area contributed by atoms with E-state index >= 15 is 0 Å². The smallest absolute Gasteiger partial charge is 0.372 e. The number of ether oxygens (including phenoxy) is 2. The lowest BCUT2D eigenvalue weighted by Gasteiger charge is -2.37. The van der Waals surface area contributed by atoms with Crippen LogP contribution in [0.2, 0.25) is 0 Å². The lowest BCUT2D eigenvalue weighted by Crippen LogP contribution is -2.42. The van der Waals surface area contributed by atoms with Crippen molar-refractivity contribution < 1.29 is 31.1 Å². The Balaban J connectivity index is 1.97. The number of hydrogen-bond donors (Lipinski definition) is 1. The molecule has 0 spiro atoms. The van der Waals surface area contributed by atoms with Crippen LogP contribution in [0, 0.1) is 0 Å². The number of sulfone groups is 1. The van der Waals surface area contributed by atoms with Crippen LogP contribution in [0.5, 0.6) is 0 Å². The monoisotopic (exact) mass is 434 g/mol. The van der Waals surface area contributed by atoms with Crippen LogP contribution in [0.1, 0.15) is 37.1 Å². The van der Waals surface area contributed by atoms with E-state index in [4.69, 9.17) is 9.47 Å². The number of nitrogens with one attached hydrogen (secondary N) is 1. The molecule has 11 heteroatoms. The predicted molar refractivity (Wildman–Crippen MR) is 97.0 cm³/mol. The second-order valence-corrected chi connectivity index (χ2v) is 9.65. The number of nitrogens with zero attached hydrogens (tertiary/aromatic N) is 1. The number of H-pyrrole nitrogens is 1. The summed E-state index contributed by atoms with van der Waals surface area (Å²) in [5, 5.41) is 2.55. The summed E-state index contributed by atoms with van der Waals surface area (Å²) in [7, 11) is -2.68. The summed E-state index contributed by atoms with van der Waals surface area (Å²) < 4.78 is 76.4. The van der Waals surface area contributed by atoms with Crippen LogP contribution in [0.25, 0.3) is 0 Å². The van der Waals surface area contributed by atoms with E-state index in [9.17, 15) is 26.4 Å². The Morgan fingerprint density at radius 1 is 1.34 bits per heavy atom. The molecule has 29 heavy (non-hydrogen) atoms. The largest absolute Gasteiger partial charge is 0.416 e.